The number of nitriles is 1. The maximum Gasteiger partial charge on any atom is 0.118 e. The van der Waals surface area contributed by atoms with Crippen molar-refractivity contribution in [3.05, 3.63) is 29.3 Å². The number of benzene rings is 1. The summed E-state index contributed by atoms with van der Waals surface area (Å²) in [7, 11) is 2.10. The molecule has 108 valence electrons. The van der Waals surface area contributed by atoms with Crippen molar-refractivity contribution < 1.29 is 5.11 Å². The van der Waals surface area contributed by atoms with Gasteiger partial charge in [-0.25, -0.2) is 0 Å². The van der Waals surface area contributed by atoms with E-state index in [9.17, 15) is 10.4 Å². The van der Waals surface area contributed by atoms with Crippen molar-refractivity contribution >= 4 is 0 Å². The van der Waals surface area contributed by atoms with Gasteiger partial charge < -0.3 is 10.0 Å². The van der Waals surface area contributed by atoms with Crippen LogP contribution in [0.1, 0.15) is 18.1 Å². The van der Waals surface area contributed by atoms with E-state index in [2.05, 4.69) is 22.9 Å². The van der Waals surface area contributed by atoms with Gasteiger partial charge in [-0.3, -0.25) is 4.90 Å². The fraction of sp³-hybridized carbons (Fsp3) is 0.562. The molecule has 4 nitrogen and oxygen atoms in total. The lowest BCUT2D eigenvalue weighted by Gasteiger charge is -2.41. The molecule has 0 aromatic heterocycles. The maximum absolute atomic E-state index is 10.00. The Morgan fingerprint density at radius 2 is 1.95 bits per heavy atom. The first-order valence-electron chi connectivity index (χ1n) is 7.08. The van der Waals surface area contributed by atoms with Gasteiger partial charge in [0.15, 0.2) is 0 Å². The summed E-state index contributed by atoms with van der Waals surface area (Å²) in [5.74, 6) is 0.284. The zero-order chi connectivity index (χ0) is 14.8. The molecule has 1 unspecified atom stereocenters. The van der Waals surface area contributed by atoms with Crippen LogP contribution in [0.25, 0.3) is 0 Å². The molecule has 1 N–H and O–H groups in total. The highest BCUT2D eigenvalue weighted by molar-refractivity contribution is 5.38. The van der Waals surface area contributed by atoms with E-state index < -0.39 is 5.54 Å². The molecule has 0 aliphatic carbocycles. The fourth-order valence-electron chi connectivity index (χ4n) is 2.75. The lowest BCUT2D eigenvalue weighted by Crippen LogP contribution is -2.55. The number of hydrogen-bond donors (Lipinski definition) is 1. The van der Waals surface area contributed by atoms with E-state index in [4.69, 9.17) is 0 Å². The van der Waals surface area contributed by atoms with Crippen LogP contribution in [-0.2, 0) is 6.42 Å². The highest BCUT2D eigenvalue weighted by atomic mass is 16.3. The van der Waals surface area contributed by atoms with Gasteiger partial charge in [-0.15, -0.1) is 0 Å². The molecule has 20 heavy (non-hydrogen) atoms. The van der Waals surface area contributed by atoms with Gasteiger partial charge in [-0.1, -0.05) is 17.7 Å². The molecule has 0 saturated carbocycles. The molecule has 1 heterocycles. The number of rotatable bonds is 3. The van der Waals surface area contributed by atoms with Crippen molar-refractivity contribution in [2.75, 3.05) is 33.2 Å². The number of phenolic OH excluding ortho intramolecular Hbond substituents is 1. The third-order valence-electron chi connectivity index (χ3n) is 4.21. The van der Waals surface area contributed by atoms with E-state index in [0.29, 0.717) is 6.42 Å². The summed E-state index contributed by atoms with van der Waals surface area (Å²) < 4.78 is 0. The zero-order valence-electron chi connectivity index (χ0n) is 12.6. The molecule has 0 spiro atoms. The van der Waals surface area contributed by atoms with E-state index in [1.54, 1.807) is 6.07 Å². The molecular formula is C16H23N3O. The summed E-state index contributed by atoms with van der Waals surface area (Å²) in [4.78, 5) is 4.51. The lowest BCUT2D eigenvalue weighted by molar-refractivity contribution is 0.0832. The summed E-state index contributed by atoms with van der Waals surface area (Å²) >= 11 is 0. The molecule has 1 saturated heterocycles. The molecule has 1 aromatic carbocycles. The summed E-state index contributed by atoms with van der Waals surface area (Å²) in [6.45, 7) is 7.73. The minimum atomic E-state index is -0.563. The van der Waals surface area contributed by atoms with Crippen LogP contribution in [0, 0.1) is 18.3 Å². The van der Waals surface area contributed by atoms with Crippen LogP contribution >= 0.6 is 0 Å². The number of piperazine rings is 1. The minimum absolute atomic E-state index is 0.284. The largest absolute Gasteiger partial charge is 0.508 e. The first-order valence-corrected chi connectivity index (χ1v) is 7.08. The molecule has 4 heteroatoms. The van der Waals surface area contributed by atoms with Crippen molar-refractivity contribution in [2.24, 2.45) is 0 Å². The molecule has 1 atom stereocenters. The van der Waals surface area contributed by atoms with Crippen LogP contribution in [-0.4, -0.2) is 53.7 Å². The van der Waals surface area contributed by atoms with E-state index in [1.807, 2.05) is 26.0 Å². The lowest BCUT2D eigenvalue weighted by atomic mass is 9.90. The molecule has 1 aliphatic heterocycles. The van der Waals surface area contributed by atoms with Gasteiger partial charge in [0.1, 0.15) is 11.3 Å². The number of aromatic hydroxyl groups is 1. The normalized spacial score (nSPS) is 20.3. The van der Waals surface area contributed by atoms with Crippen LogP contribution in [0.5, 0.6) is 5.75 Å². The molecule has 1 fully saturated rings. The van der Waals surface area contributed by atoms with Crippen LogP contribution < -0.4 is 0 Å². The van der Waals surface area contributed by atoms with Crippen LogP contribution in [0.3, 0.4) is 0 Å². The van der Waals surface area contributed by atoms with E-state index in [-0.39, 0.29) is 5.75 Å². The molecule has 0 radical (unpaired) electrons. The van der Waals surface area contributed by atoms with Gasteiger partial charge in [-0.05, 0) is 32.5 Å². The molecule has 2 rings (SSSR count). The van der Waals surface area contributed by atoms with Crippen LogP contribution in [0.4, 0.5) is 0 Å². The average Bonchev–Trinajstić information content (AvgIpc) is 2.43. The van der Waals surface area contributed by atoms with Gasteiger partial charge in [0, 0.05) is 32.6 Å². The fourth-order valence-corrected chi connectivity index (χ4v) is 2.75. The first-order chi connectivity index (χ1) is 9.44. The van der Waals surface area contributed by atoms with E-state index >= 15 is 0 Å². The second kappa shape index (κ2) is 5.82. The Hall–Kier alpha value is -1.57. The molecule has 1 aliphatic rings. The van der Waals surface area contributed by atoms with Gasteiger partial charge in [0.2, 0.25) is 0 Å². The van der Waals surface area contributed by atoms with Crippen LogP contribution in [0.2, 0.25) is 0 Å². The van der Waals surface area contributed by atoms with Gasteiger partial charge in [0.25, 0.3) is 0 Å². The average molecular weight is 273 g/mol. The Balaban J connectivity index is 2.19. The highest BCUT2D eigenvalue weighted by Crippen LogP contribution is 2.27. The monoisotopic (exact) mass is 273 g/mol. The summed E-state index contributed by atoms with van der Waals surface area (Å²) in [6, 6.07) is 8.03. The number of hydrogen-bond acceptors (Lipinski definition) is 4. The first kappa shape index (κ1) is 14.8. The quantitative estimate of drug-likeness (QED) is 0.912. The van der Waals surface area contributed by atoms with E-state index in [1.165, 1.54) is 0 Å². The molecule has 1 aromatic rings. The summed E-state index contributed by atoms with van der Waals surface area (Å²) in [5.41, 5.74) is 1.40. The third-order valence-corrected chi connectivity index (χ3v) is 4.21. The Morgan fingerprint density at radius 1 is 1.30 bits per heavy atom. The smallest absolute Gasteiger partial charge is 0.118 e. The van der Waals surface area contributed by atoms with Crippen molar-refractivity contribution in [3.8, 4) is 11.8 Å². The van der Waals surface area contributed by atoms with Crippen molar-refractivity contribution in [1.82, 2.24) is 9.80 Å². The van der Waals surface area contributed by atoms with Gasteiger partial charge in [-0.2, -0.15) is 5.26 Å². The Morgan fingerprint density at radius 3 is 2.55 bits per heavy atom. The predicted octanol–water partition coefficient (Wildman–Crippen LogP) is 1.77. The molecular weight excluding hydrogens is 250 g/mol. The summed E-state index contributed by atoms with van der Waals surface area (Å²) in [6.07, 6.45) is 0.556. The predicted molar refractivity (Wildman–Crippen MR) is 79.6 cm³/mol. The van der Waals surface area contributed by atoms with Crippen molar-refractivity contribution in [2.45, 2.75) is 25.8 Å². The van der Waals surface area contributed by atoms with Gasteiger partial charge in [0.05, 0.1) is 6.07 Å². The van der Waals surface area contributed by atoms with Crippen LogP contribution in [0.15, 0.2) is 18.2 Å². The molecule has 0 amide bonds. The number of phenols is 1. The number of aryl methyl sites for hydroxylation is 1. The van der Waals surface area contributed by atoms with Crippen molar-refractivity contribution in [3.63, 3.8) is 0 Å². The van der Waals surface area contributed by atoms with Crippen molar-refractivity contribution in [1.29, 1.82) is 5.26 Å². The zero-order valence-corrected chi connectivity index (χ0v) is 12.6. The second-order valence-electron chi connectivity index (χ2n) is 5.98. The maximum atomic E-state index is 10.00. The Labute approximate surface area is 121 Å². The van der Waals surface area contributed by atoms with E-state index in [0.717, 1.165) is 37.3 Å². The topological polar surface area (TPSA) is 50.5 Å². The summed E-state index contributed by atoms with van der Waals surface area (Å²) in [5, 5.41) is 19.6. The highest BCUT2D eigenvalue weighted by Gasteiger charge is 2.34. The Kier molecular flexibility index (Phi) is 4.32. The van der Waals surface area contributed by atoms with Gasteiger partial charge >= 0.3 is 0 Å². The second-order valence-corrected chi connectivity index (χ2v) is 5.98. The Bertz CT molecular complexity index is 515. The molecule has 0 bridgehead atoms. The standard InChI is InChI=1S/C16H23N3O/c1-13-4-5-15(20)14(10-13)11-16(2,12-17)19-8-6-18(3)7-9-19/h4-5,10,20H,6-9,11H2,1-3H3. The third kappa shape index (κ3) is 3.12. The minimum Gasteiger partial charge on any atom is -0.508 e. The SMILES string of the molecule is Cc1ccc(O)c(CC(C)(C#N)N2CCN(C)CC2)c1. The number of likely N-dealkylation sites (N-methyl/N-ethyl adjacent to an activating group) is 1. The number of nitrogens with zero attached hydrogens (tertiary/aromatic N) is 3.